The van der Waals surface area contributed by atoms with E-state index in [1.807, 2.05) is 29.3 Å². The van der Waals surface area contributed by atoms with Crippen molar-refractivity contribution in [1.82, 2.24) is 20.2 Å². The Hall–Kier alpha value is -4.99. The van der Waals surface area contributed by atoms with E-state index >= 15 is 0 Å². The monoisotopic (exact) mass is 769 g/mol. The molecule has 2 aromatic heterocycles. The molecule has 294 valence electrons. The fraction of sp³-hybridized carbons (Fsp3) is 0.465. The first-order chi connectivity index (χ1) is 26.6. The lowest BCUT2D eigenvalue weighted by Gasteiger charge is -2.27. The number of methoxy groups -OCH3 is 1. The second-order valence-corrected chi connectivity index (χ2v) is 15.1. The average molecular weight is 770 g/mol. The van der Waals surface area contributed by atoms with Gasteiger partial charge in [0.1, 0.15) is 16.5 Å². The van der Waals surface area contributed by atoms with E-state index in [4.69, 9.17) is 19.8 Å². The maximum absolute atomic E-state index is 13.1. The number of carbonyl (C=O) groups is 2. The Labute approximate surface area is 328 Å². The number of allylic oxidation sites excluding steroid dienone is 1. The molecule has 2 amide bonds. The second-order valence-electron chi connectivity index (χ2n) is 14.2. The first-order valence-corrected chi connectivity index (χ1v) is 20.0. The van der Waals surface area contributed by atoms with E-state index in [0.29, 0.717) is 41.0 Å². The van der Waals surface area contributed by atoms with Gasteiger partial charge in [-0.1, -0.05) is 38.5 Å². The molecule has 4 aromatic rings. The third kappa shape index (κ3) is 11.7. The van der Waals surface area contributed by atoms with Gasteiger partial charge in [-0.05, 0) is 101 Å². The number of H-pyrrole nitrogens is 1. The van der Waals surface area contributed by atoms with Crippen molar-refractivity contribution in [3.05, 3.63) is 87.0 Å². The summed E-state index contributed by atoms with van der Waals surface area (Å²) in [6.45, 7) is 9.06. The lowest BCUT2D eigenvalue weighted by molar-refractivity contribution is -0.139. The van der Waals surface area contributed by atoms with E-state index in [1.165, 1.54) is 0 Å². The number of nitrogens with one attached hydrogen (secondary N) is 2. The number of amides is 2. The minimum absolute atomic E-state index is 0.00389. The fourth-order valence-electron chi connectivity index (χ4n) is 6.68. The molecule has 11 nitrogen and oxygen atoms in total. The number of nitrogens with zero attached hydrogens (tertiary/aromatic N) is 3. The van der Waals surface area contributed by atoms with E-state index in [1.54, 1.807) is 48.8 Å². The van der Waals surface area contributed by atoms with Crippen molar-refractivity contribution >= 4 is 34.6 Å². The predicted molar refractivity (Wildman–Crippen MR) is 218 cm³/mol. The highest BCUT2D eigenvalue weighted by Gasteiger charge is 2.34. The van der Waals surface area contributed by atoms with Crippen LogP contribution in [-0.2, 0) is 9.59 Å². The van der Waals surface area contributed by atoms with E-state index in [9.17, 15) is 14.4 Å². The lowest BCUT2D eigenvalue weighted by atomic mass is 10.1. The molecule has 55 heavy (non-hydrogen) atoms. The maximum Gasteiger partial charge on any atom is 0.263 e. The summed E-state index contributed by atoms with van der Waals surface area (Å²) in [4.78, 5) is 45.8. The molecule has 3 heterocycles. The third-order valence-corrected chi connectivity index (χ3v) is 10.9. The number of carbonyl (C=O) groups excluding carboxylic acids is 2. The number of thiazole rings is 1. The topological polar surface area (TPSA) is 158 Å². The van der Waals surface area contributed by atoms with Gasteiger partial charge in [0, 0.05) is 48.1 Å². The van der Waals surface area contributed by atoms with Crippen molar-refractivity contribution in [1.29, 1.82) is 5.26 Å². The number of hydrogen-bond acceptors (Lipinski definition) is 9. The van der Waals surface area contributed by atoms with Crippen LogP contribution in [0.25, 0.3) is 21.6 Å². The van der Waals surface area contributed by atoms with Crippen molar-refractivity contribution in [3.8, 4) is 28.3 Å². The first-order valence-electron chi connectivity index (χ1n) is 19.1. The summed E-state index contributed by atoms with van der Waals surface area (Å²) in [6.07, 6.45) is 12.5. The number of aliphatic hydroxyl groups excluding tert-OH is 1. The van der Waals surface area contributed by atoms with Gasteiger partial charge < -0.3 is 29.8 Å². The molecule has 0 bridgehead atoms. The number of ether oxygens (including phenoxy) is 2. The zero-order chi connectivity index (χ0) is 39.9. The van der Waals surface area contributed by atoms with Gasteiger partial charge in [0.2, 0.25) is 6.41 Å². The molecule has 1 saturated carbocycles. The standard InChI is InChI=1S/C25H33N3O3.C17H18N2O2S.CH4O/c1-19-9-8-14-28(19)25(30)24(31-22-12-7-10-20(15-22)17-26)13-6-4-2-3-5-11-21-16-23(21)27-18-29;1-9(2)13-8-22-17(19-13)12-7-14(20)11-5-6-15(21-4)10(3)16(11)18-12;1-2/h5,7,10-12,15,18-19,21,23-24H,2-4,6,8-9,13-14,16H2,1H3,(H,27,29);5-9H,1-4H3,(H,18,20);2H,1H3/b11-5-;;. The van der Waals surface area contributed by atoms with Crippen LogP contribution in [0.4, 0.5) is 0 Å². The Balaban J connectivity index is 0.000000246. The number of nitriles is 1. The summed E-state index contributed by atoms with van der Waals surface area (Å²) >= 11 is 1.55. The predicted octanol–water partition coefficient (Wildman–Crippen LogP) is 7.66. The molecule has 2 aromatic carbocycles. The van der Waals surface area contributed by atoms with Gasteiger partial charge in [0.25, 0.3) is 5.91 Å². The van der Waals surface area contributed by atoms with Crippen LogP contribution in [0.1, 0.15) is 94.9 Å². The average Bonchev–Trinajstić information content (AvgIpc) is 3.51. The number of likely N-dealkylation sites (tertiary alicyclic amines) is 1. The van der Waals surface area contributed by atoms with Crippen molar-refractivity contribution in [3.63, 3.8) is 0 Å². The van der Waals surface area contributed by atoms with Crippen LogP contribution >= 0.6 is 11.3 Å². The molecular formula is C43H55N5O6S. The number of aromatic nitrogens is 2. The van der Waals surface area contributed by atoms with Gasteiger partial charge >= 0.3 is 0 Å². The number of aromatic amines is 1. The Morgan fingerprint density at radius 3 is 2.67 bits per heavy atom. The smallest absolute Gasteiger partial charge is 0.263 e. The Kier molecular flexibility index (Phi) is 16.5. The van der Waals surface area contributed by atoms with E-state index < -0.39 is 6.10 Å². The van der Waals surface area contributed by atoms with Crippen LogP contribution in [0.3, 0.4) is 0 Å². The van der Waals surface area contributed by atoms with E-state index in [-0.39, 0.29) is 17.4 Å². The third-order valence-electron chi connectivity index (χ3n) is 9.97. The molecular weight excluding hydrogens is 715 g/mol. The molecule has 6 rings (SSSR count). The molecule has 1 saturated heterocycles. The Morgan fingerprint density at radius 2 is 2.00 bits per heavy atom. The summed E-state index contributed by atoms with van der Waals surface area (Å²) in [5.74, 6) is 2.28. The molecule has 3 N–H and O–H groups in total. The zero-order valence-corrected chi connectivity index (χ0v) is 33.7. The number of rotatable bonds is 15. The fourth-order valence-corrected chi connectivity index (χ4v) is 7.63. The Bertz CT molecular complexity index is 2000. The SMILES string of the molecule is CC1CCCN1C(=O)C(CCCCC/C=C\C1CC1NC=O)Oc1cccc(C#N)c1.CO.COc1ccc2c(=O)cc(-c3nc(C(C)C)cs3)[nH]c2c1C. The van der Waals surface area contributed by atoms with Crippen LogP contribution < -0.4 is 20.2 Å². The molecule has 4 unspecified atom stereocenters. The number of benzene rings is 2. The van der Waals surface area contributed by atoms with Crippen LogP contribution in [0.5, 0.6) is 11.5 Å². The highest BCUT2D eigenvalue weighted by Crippen LogP contribution is 2.32. The van der Waals surface area contributed by atoms with Gasteiger partial charge in [0.05, 0.1) is 35.6 Å². The summed E-state index contributed by atoms with van der Waals surface area (Å²) in [7, 11) is 2.63. The number of unbranched alkanes of at least 4 members (excludes halogenated alkanes) is 3. The normalized spacial score (nSPS) is 17.8. The summed E-state index contributed by atoms with van der Waals surface area (Å²) in [5.41, 5.74) is 4.07. The number of pyridine rings is 1. The van der Waals surface area contributed by atoms with Gasteiger partial charge in [-0.15, -0.1) is 11.3 Å². The first kappa shape index (κ1) is 42.7. The number of hydrogen-bond donors (Lipinski definition) is 3. The second kappa shape index (κ2) is 21.2. The molecule has 0 radical (unpaired) electrons. The largest absolute Gasteiger partial charge is 0.496 e. The quantitative estimate of drug-likeness (QED) is 0.0632. The van der Waals surface area contributed by atoms with Crippen molar-refractivity contribution in [2.45, 2.75) is 103 Å². The molecule has 1 aliphatic heterocycles. The van der Waals surface area contributed by atoms with Crippen LogP contribution in [0, 0.1) is 24.2 Å². The minimum Gasteiger partial charge on any atom is -0.496 e. The number of aliphatic hydroxyl groups is 1. The van der Waals surface area contributed by atoms with Crippen molar-refractivity contribution in [2.24, 2.45) is 5.92 Å². The minimum atomic E-state index is -0.508. The summed E-state index contributed by atoms with van der Waals surface area (Å²) in [5, 5.41) is 22.5. The number of fused-ring (bicyclic) bond motifs is 1. The zero-order valence-electron chi connectivity index (χ0n) is 32.8. The molecule has 2 fully saturated rings. The maximum atomic E-state index is 13.1. The van der Waals surface area contributed by atoms with Crippen LogP contribution in [-0.4, -0.2) is 71.2 Å². The van der Waals surface area contributed by atoms with E-state index in [0.717, 1.165) is 98.2 Å². The molecule has 0 spiro atoms. The van der Waals surface area contributed by atoms with Crippen molar-refractivity contribution < 1.29 is 24.2 Å². The van der Waals surface area contributed by atoms with Crippen molar-refractivity contribution in [2.75, 3.05) is 20.8 Å². The van der Waals surface area contributed by atoms with Crippen LogP contribution in [0.15, 0.2) is 64.8 Å². The van der Waals surface area contributed by atoms with Gasteiger partial charge in [-0.25, -0.2) is 4.98 Å². The van der Waals surface area contributed by atoms with Gasteiger partial charge in [-0.2, -0.15) is 5.26 Å². The summed E-state index contributed by atoms with van der Waals surface area (Å²) < 4.78 is 11.4. The highest BCUT2D eigenvalue weighted by atomic mass is 32.1. The van der Waals surface area contributed by atoms with Gasteiger partial charge in [0.15, 0.2) is 11.5 Å². The molecule has 2 aliphatic rings. The van der Waals surface area contributed by atoms with Gasteiger partial charge in [-0.3, -0.25) is 14.4 Å². The molecule has 1 aliphatic carbocycles. The lowest BCUT2D eigenvalue weighted by Crippen LogP contribution is -2.43. The molecule has 4 atom stereocenters. The Morgan fingerprint density at radius 1 is 1.20 bits per heavy atom. The highest BCUT2D eigenvalue weighted by molar-refractivity contribution is 7.13. The van der Waals surface area contributed by atoms with Crippen LogP contribution in [0.2, 0.25) is 0 Å². The summed E-state index contributed by atoms with van der Waals surface area (Å²) in [6, 6.07) is 15.0. The molecule has 12 heteroatoms. The van der Waals surface area contributed by atoms with E-state index in [2.05, 4.69) is 54.3 Å². The number of aryl methyl sites for hydroxylation is 1.